The van der Waals surface area contributed by atoms with Crippen LogP contribution in [0.2, 0.25) is 0 Å². The summed E-state index contributed by atoms with van der Waals surface area (Å²) in [5, 5.41) is 4.01. The summed E-state index contributed by atoms with van der Waals surface area (Å²) in [7, 11) is 0. The molecule has 3 N–H and O–H groups in total. The highest BCUT2D eigenvalue weighted by molar-refractivity contribution is 7.80. The number of carbonyl (C=O) groups is 1. The number of nitrogens with zero attached hydrogens (tertiary/aromatic N) is 1. The summed E-state index contributed by atoms with van der Waals surface area (Å²) in [5.74, 6) is 0.183. The third-order valence-corrected chi connectivity index (χ3v) is 2.29. The fraction of sp³-hybridized carbons (Fsp3) is 0.250. The van der Waals surface area contributed by atoms with Crippen molar-refractivity contribution in [3.63, 3.8) is 0 Å². The van der Waals surface area contributed by atoms with E-state index in [1.54, 1.807) is 18.3 Å². The van der Waals surface area contributed by atoms with Crippen LogP contribution in [0, 0.1) is 13.8 Å². The van der Waals surface area contributed by atoms with E-state index in [0.717, 1.165) is 16.7 Å². The molecule has 0 radical (unpaired) electrons. The standard InChI is InChI=1S/C12H15N3O2S/c1-7-4-10(17-9(3)16)5-8(2)11(7)6-14-15-12(13)18/h4-6H,1-3H3,(H3,13,15,18). The van der Waals surface area contributed by atoms with Crippen LogP contribution in [0.25, 0.3) is 0 Å². The molecule has 0 amide bonds. The quantitative estimate of drug-likeness (QED) is 0.284. The SMILES string of the molecule is CC(=O)Oc1cc(C)c(C=NNC(N)=S)c(C)c1. The van der Waals surface area contributed by atoms with Gasteiger partial charge < -0.3 is 10.5 Å². The number of benzene rings is 1. The van der Waals surface area contributed by atoms with E-state index in [9.17, 15) is 4.79 Å². The molecule has 0 aromatic heterocycles. The van der Waals surface area contributed by atoms with Gasteiger partial charge in [-0.1, -0.05) is 0 Å². The van der Waals surface area contributed by atoms with Crippen LogP contribution in [0.1, 0.15) is 23.6 Å². The van der Waals surface area contributed by atoms with Crippen molar-refractivity contribution in [3.8, 4) is 5.75 Å². The second kappa shape index (κ2) is 6.11. The van der Waals surface area contributed by atoms with Crippen molar-refractivity contribution in [2.45, 2.75) is 20.8 Å². The largest absolute Gasteiger partial charge is 0.427 e. The fourth-order valence-electron chi connectivity index (χ4n) is 1.52. The number of thiocarbonyl (C=S) groups is 1. The molecule has 0 atom stereocenters. The van der Waals surface area contributed by atoms with Gasteiger partial charge in [0.05, 0.1) is 6.21 Å². The normalized spacial score (nSPS) is 10.4. The molecule has 0 aliphatic heterocycles. The Bertz CT molecular complexity index is 489. The van der Waals surface area contributed by atoms with Crippen LogP contribution >= 0.6 is 12.2 Å². The maximum absolute atomic E-state index is 10.9. The first-order chi connectivity index (χ1) is 8.40. The molecular weight excluding hydrogens is 250 g/mol. The van der Waals surface area contributed by atoms with Crippen molar-refractivity contribution in [1.29, 1.82) is 0 Å². The number of aryl methyl sites for hydroxylation is 2. The molecule has 0 unspecified atom stereocenters. The molecule has 1 rings (SSSR count). The first-order valence-electron chi connectivity index (χ1n) is 5.28. The molecular formula is C12H15N3O2S. The maximum atomic E-state index is 10.9. The highest BCUT2D eigenvalue weighted by atomic mass is 32.1. The maximum Gasteiger partial charge on any atom is 0.308 e. The van der Waals surface area contributed by atoms with Crippen LogP contribution in [0.5, 0.6) is 5.75 Å². The number of hydrogen-bond donors (Lipinski definition) is 2. The van der Waals surface area contributed by atoms with Gasteiger partial charge in [0.15, 0.2) is 5.11 Å². The lowest BCUT2D eigenvalue weighted by Gasteiger charge is -2.08. The van der Waals surface area contributed by atoms with Gasteiger partial charge in [0.2, 0.25) is 0 Å². The van der Waals surface area contributed by atoms with Crippen molar-refractivity contribution in [1.82, 2.24) is 5.43 Å². The third-order valence-electron chi connectivity index (χ3n) is 2.20. The Morgan fingerprint density at radius 3 is 2.44 bits per heavy atom. The number of nitrogens with one attached hydrogen (secondary N) is 1. The van der Waals surface area contributed by atoms with E-state index in [0.29, 0.717) is 5.75 Å². The van der Waals surface area contributed by atoms with Crippen LogP contribution < -0.4 is 15.9 Å². The summed E-state index contributed by atoms with van der Waals surface area (Å²) in [6, 6.07) is 3.55. The molecule has 0 aliphatic rings. The molecule has 0 heterocycles. The second-order valence-electron chi connectivity index (χ2n) is 3.80. The van der Waals surface area contributed by atoms with E-state index in [1.807, 2.05) is 13.8 Å². The first-order valence-corrected chi connectivity index (χ1v) is 5.69. The van der Waals surface area contributed by atoms with E-state index < -0.39 is 0 Å². The summed E-state index contributed by atoms with van der Waals surface area (Å²) in [5.41, 5.74) is 10.6. The van der Waals surface area contributed by atoms with Gasteiger partial charge in [0.25, 0.3) is 0 Å². The second-order valence-corrected chi connectivity index (χ2v) is 4.24. The van der Waals surface area contributed by atoms with Gasteiger partial charge in [0.1, 0.15) is 5.75 Å². The summed E-state index contributed by atoms with van der Waals surface area (Å²) >= 11 is 4.64. The topological polar surface area (TPSA) is 76.7 Å². The summed E-state index contributed by atoms with van der Waals surface area (Å²) < 4.78 is 5.03. The minimum Gasteiger partial charge on any atom is -0.427 e. The van der Waals surface area contributed by atoms with Gasteiger partial charge >= 0.3 is 5.97 Å². The highest BCUT2D eigenvalue weighted by Gasteiger charge is 2.05. The Morgan fingerprint density at radius 1 is 1.44 bits per heavy atom. The lowest BCUT2D eigenvalue weighted by molar-refractivity contribution is -0.131. The molecule has 18 heavy (non-hydrogen) atoms. The van der Waals surface area contributed by atoms with Crippen LogP contribution in [0.15, 0.2) is 17.2 Å². The van der Waals surface area contributed by atoms with Gasteiger partial charge in [-0.15, -0.1) is 0 Å². The molecule has 96 valence electrons. The Morgan fingerprint density at radius 2 is 2.00 bits per heavy atom. The molecule has 0 saturated heterocycles. The molecule has 1 aromatic carbocycles. The number of rotatable bonds is 3. The minimum atomic E-state index is -0.342. The van der Waals surface area contributed by atoms with E-state index in [2.05, 4.69) is 22.7 Å². The zero-order chi connectivity index (χ0) is 13.7. The average Bonchev–Trinajstić information content (AvgIpc) is 2.20. The summed E-state index contributed by atoms with van der Waals surface area (Å²) in [6.45, 7) is 5.18. The number of esters is 1. The van der Waals surface area contributed by atoms with Crippen molar-refractivity contribution < 1.29 is 9.53 Å². The lowest BCUT2D eigenvalue weighted by Crippen LogP contribution is -2.24. The average molecular weight is 265 g/mol. The molecule has 0 aliphatic carbocycles. The minimum absolute atomic E-state index is 0.109. The number of carbonyl (C=O) groups excluding carboxylic acids is 1. The zero-order valence-electron chi connectivity index (χ0n) is 10.5. The fourth-order valence-corrected chi connectivity index (χ4v) is 1.58. The molecule has 6 heteroatoms. The molecule has 0 spiro atoms. The molecule has 0 saturated carbocycles. The molecule has 0 bridgehead atoms. The Balaban J connectivity index is 2.97. The zero-order valence-corrected chi connectivity index (χ0v) is 11.3. The van der Waals surface area contributed by atoms with Crippen LogP contribution in [-0.2, 0) is 4.79 Å². The molecule has 1 aromatic rings. The number of nitrogens with two attached hydrogens (primary N) is 1. The van der Waals surface area contributed by atoms with Crippen molar-refractivity contribution in [2.24, 2.45) is 10.8 Å². The third kappa shape index (κ3) is 4.14. The van der Waals surface area contributed by atoms with E-state index in [1.165, 1.54) is 6.92 Å². The van der Waals surface area contributed by atoms with E-state index in [4.69, 9.17) is 10.5 Å². The molecule has 0 fully saturated rings. The van der Waals surface area contributed by atoms with Gasteiger partial charge in [-0.2, -0.15) is 5.10 Å². The van der Waals surface area contributed by atoms with Crippen LogP contribution in [0.3, 0.4) is 0 Å². The lowest BCUT2D eigenvalue weighted by atomic mass is 10.0. The van der Waals surface area contributed by atoms with Gasteiger partial charge in [-0.25, -0.2) is 0 Å². The Kier molecular flexibility index (Phi) is 4.79. The van der Waals surface area contributed by atoms with Gasteiger partial charge in [0, 0.05) is 12.5 Å². The van der Waals surface area contributed by atoms with E-state index >= 15 is 0 Å². The van der Waals surface area contributed by atoms with Gasteiger partial charge in [-0.05, 0) is 49.3 Å². The van der Waals surface area contributed by atoms with Gasteiger partial charge in [-0.3, -0.25) is 10.2 Å². The van der Waals surface area contributed by atoms with Crippen LogP contribution in [-0.4, -0.2) is 17.3 Å². The van der Waals surface area contributed by atoms with E-state index in [-0.39, 0.29) is 11.1 Å². The number of hydrogen-bond acceptors (Lipinski definition) is 4. The van der Waals surface area contributed by atoms with Crippen LogP contribution in [0.4, 0.5) is 0 Å². The predicted molar refractivity (Wildman–Crippen MR) is 74.7 cm³/mol. The first kappa shape index (κ1) is 14.1. The molecule has 5 nitrogen and oxygen atoms in total. The Labute approximate surface area is 111 Å². The predicted octanol–water partition coefficient (Wildman–Crippen LogP) is 1.40. The summed E-state index contributed by atoms with van der Waals surface area (Å²) in [4.78, 5) is 10.9. The number of hydrazone groups is 1. The highest BCUT2D eigenvalue weighted by Crippen LogP contribution is 2.20. The number of ether oxygens (including phenoxy) is 1. The van der Waals surface area contributed by atoms with Crippen molar-refractivity contribution in [3.05, 3.63) is 28.8 Å². The smallest absolute Gasteiger partial charge is 0.308 e. The van der Waals surface area contributed by atoms with Crippen molar-refractivity contribution in [2.75, 3.05) is 0 Å². The monoisotopic (exact) mass is 265 g/mol. The van der Waals surface area contributed by atoms with Crippen molar-refractivity contribution >= 4 is 29.5 Å². The Hall–Kier alpha value is -1.95. The summed E-state index contributed by atoms with van der Waals surface area (Å²) in [6.07, 6.45) is 1.63.